The van der Waals surface area contributed by atoms with E-state index in [1.165, 1.54) is 5.19 Å². The molecule has 0 atom stereocenters. The molecule has 1 aromatic rings. The predicted molar refractivity (Wildman–Crippen MR) is 54.4 cm³/mol. The van der Waals surface area contributed by atoms with E-state index in [-0.39, 0.29) is 18.9 Å². The van der Waals surface area contributed by atoms with Gasteiger partial charge in [0.15, 0.2) is 0 Å². The van der Waals surface area contributed by atoms with Gasteiger partial charge >= 0.3 is 18.9 Å². The molecule has 0 aliphatic carbocycles. The fourth-order valence-corrected chi connectivity index (χ4v) is 2.82. The van der Waals surface area contributed by atoms with Crippen molar-refractivity contribution in [2.75, 3.05) is 6.79 Å². The van der Waals surface area contributed by atoms with Gasteiger partial charge in [-0.1, -0.05) is 19.6 Å². The van der Waals surface area contributed by atoms with Gasteiger partial charge in [-0.05, 0) is 0 Å². The van der Waals surface area contributed by atoms with Crippen LogP contribution in [-0.2, 0) is 0 Å². The van der Waals surface area contributed by atoms with E-state index in [1.807, 2.05) is 12.1 Å². The van der Waals surface area contributed by atoms with Crippen molar-refractivity contribution in [1.82, 2.24) is 0 Å². The van der Waals surface area contributed by atoms with Crippen LogP contribution in [-0.4, -0.2) is 14.9 Å². The summed E-state index contributed by atoms with van der Waals surface area (Å²) in [6.07, 6.45) is 0. The van der Waals surface area contributed by atoms with E-state index in [0.717, 1.165) is 11.5 Å². The van der Waals surface area contributed by atoms with Crippen LogP contribution >= 0.6 is 0 Å². The van der Waals surface area contributed by atoms with Gasteiger partial charge in [0.05, 0.1) is 19.6 Å². The maximum Gasteiger partial charge on any atom is 1.00 e. The van der Waals surface area contributed by atoms with Crippen LogP contribution in [0.2, 0.25) is 19.6 Å². The van der Waals surface area contributed by atoms with E-state index in [9.17, 15) is 0 Å². The van der Waals surface area contributed by atoms with Crippen molar-refractivity contribution in [1.29, 1.82) is 0 Å². The first-order chi connectivity index (χ1) is 6.09. The molecule has 0 unspecified atom stereocenters. The minimum atomic E-state index is -1.35. The zero-order valence-corrected chi connectivity index (χ0v) is 10.2. The van der Waals surface area contributed by atoms with Crippen molar-refractivity contribution < 1.29 is 28.3 Å². The molecule has 0 amide bonds. The molecule has 1 aromatic carbocycles. The summed E-state index contributed by atoms with van der Waals surface area (Å²) in [5, 5.41) is 1.22. The summed E-state index contributed by atoms with van der Waals surface area (Å²) in [4.78, 5) is 0. The summed E-state index contributed by atoms with van der Waals surface area (Å²) in [6, 6.07) is 7.09. The van der Waals surface area contributed by atoms with Crippen LogP contribution < -0.4 is 33.5 Å². The molecule has 0 saturated carbocycles. The Bertz CT molecular complexity index is 333. The molecular weight excluding hydrogens is 187 g/mol. The van der Waals surface area contributed by atoms with E-state index in [0.29, 0.717) is 6.79 Å². The van der Waals surface area contributed by atoms with Crippen molar-refractivity contribution >= 4 is 13.3 Å². The van der Waals surface area contributed by atoms with Crippen LogP contribution in [0.4, 0.5) is 0 Å². The summed E-state index contributed by atoms with van der Waals surface area (Å²) in [5.41, 5.74) is 0. The molecular formula is C10H13LiO2Si. The normalized spacial score (nSPS) is 13.6. The van der Waals surface area contributed by atoms with Gasteiger partial charge in [0.2, 0.25) is 6.79 Å². The molecule has 0 spiro atoms. The van der Waals surface area contributed by atoms with Crippen LogP contribution in [0.5, 0.6) is 11.5 Å². The number of fused-ring (bicyclic) bond motifs is 1. The largest absolute Gasteiger partial charge is 1.00 e. The number of ether oxygens (including phenoxy) is 2. The fraction of sp³-hybridized carbons (Fsp3) is 0.400. The number of hydrogen-bond donors (Lipinski definition) is 0. The van der Waals surface area contributed by atoms with E-state index >= 15 is 0 Å². The van der Waals surface area contributed by atoms with Crippen LogP contribution in [0.3, 0.4) is 0 Å². The van der Waals surface area contributed by atoms with Crippen LogP contribution in [0.1, 0.15) is 0 Å². The Balaban J connectivity index is 0.000000980. The van der Waals surface area contributed by atoms with Crippen LogP contribution in [0.25, 0.3) is 0 Å². The third-order valence-corrected chi connectivity index (χ3v) is 3.95. The van der Waals surface area contributed by atoms with Gasteiger partial charge in [-0.15, -0.1) is 11.3 Å². The molecule has 1 heterocycles. The van der Waals surface area contributed by atoms with Gasteiger partial charge in [-0.2, -0.15) is 12.1 Å². The van der Waals surface area contributed by atoms with Gasteiger partial charge < -0.3 is 9.47 Å². The van der Waals surface area contributed by atoms with E-state index in [1.54, 1.807) is 0 Å². The van der Waals surface area contributed by atoms with E-state index < -0.39 is 8.07 Å². The zero-order chi connectivity index (χ0) is 9.47. The first-order valence-corrected chi connectivity index (χ1v) is 7.90. The fourth-order valence-electron chi connectivity index (χ4n) is 1.43. The van der Waals surface area contributed by atoms with Crippen LogP contribution in [0, 0.1) is 6.07 Å². The molecule has 0 aromatic heterocycles. The van der Waals surface area contributed by atoms with Gasteiger partial charge in [0.25, 0.3) is 0 Å². The third-order valence-electron chi connectivity index (χ3n) is 2.08. The van der Waals surface area contributed by atoms with Gasteiger partial charge in [0.1, 0.15) is 0 Å². The second-order valence-corrected chi connectivity index (χ2v) is 9.20. The zero-order valence-electron chi connectivity index (χ0n) is 9.18. The Morgan fingerprint density at radius 1 is 1.29 bits per heavy atom. The van der Waals surface area contributed by atoms with Crippen LogP contribution in [0.15, 0.2) is 12.1 Å². The first-order valence-electron chi connectivity index (χ1n) is 4.40. The van der Waals surface area contributed by atoms with Gasteiger partial charge in [-0.25, -0.2) is 0 Å². The molecule has 70 valence electrons. The number of rotatable bonds is 1. The Morgan fingerprint density at radius 3 is 2.64 bits per heavy atom. The standard InChI is InChI=1S/C10H13O2Si.Li/c1-13(2,3)9-6-4-5-8-10(9)12-7-11-8;/h4-5H,7H2,1-3H3;/q-1;+1. The minimum Gasteiger partial charge on any atom is -0.516 e. The average Bonchev–Trinajstić information content (AvgIpc) is 2.48. The van der Waals surface area contributed by atoms with E-state index in [2.05, 4.69) is 25.7 Å². The van der Waals surface area contributed by atoms with Crippen molar-refractivity contribution in [3.8, 4) is 11.5 Å². The molecule has 4 heteroatoms. The van der Waals surface area contributed by atoms with Crippen molar-refractivity contribution in [3.63, 3.8) is 0 Å². The molecule has 0 radical (unpaired) electrons. The maximum atomic E-state index is 5.44. The Hall–Kier alpha value is -0.366. The minimum absolute atomic E-state index is 0. The molecule has 14 heavy (non-hydrogen) atoms. The second kappa shape index (κ2) is 4.02. The third kappa shape index (κ3) is 2.00. The molecule has 1 aliphatic heterocycles. The summed E-state index contributed by atoms with van der Waals surface area (Å²) in [7, 11) is -1.35. The molecule has 0 bridgehead atoms. The van der Waals surface area contributed by atoms with E-state index in [4.69, 9.17) is 9.47 Å². The second-order valence-electron chi connectivity index (χ2n) is 4.20. The Kier molecular flexibility index (Phi) is 3.36. The average molecular weight is 200 g/mol. The van der Waals surface area contributed by atoms with Crippen molar-refractivity contribution in [2.45, 2.75) is 19.6 Å². The molecule has 2 nitrogen and oxygen atoms in total. The molecule has 0 N–H and O–H groups in total. The topological polar surface area (TPSA) is 18.5 Å². The van der Waals surface area contributed by atoms with Crippen molar-refractivity contribution in [3.05, 3.63) is 18.2 Å². The predicted octanol–water partition coefficient (Wildman–Crippen LogP) is -1.24. The number of hydrogen-bond acceptors (Lipinski definition) is 2. The monoisotopic (exact) mass is 200 g/mol. The molecule has 2 rings (SSSR count). The molecule has 0 saturated heterocycles. The summed E-state index contributed by atoms with van der Waals surface area (Å²) in [6.45, 7) is 7.19. The quantitative estimate of drug-likeness (QED) is 0.417. The van der Waals surface area contributed by atoms with Crippen molar-refractivity contribution in [2.24, 2.45) is 0 Å². The Labute approximate surface area is 97.8 Å². The summed E-state index contributed by atoms with van der Waals surface area (Å²) >= 11 is 0. The summed E-state index contributed by atoms with van der Waals surface area (Å²) in [5.74, 6) is 1.79. The molecule has 0 fully saturated rings. The van der Waals surface area contributed by atoms with Gasteiger partial charge in [-0.3, -0.25) is 0 Å². The first kappa shape index (κ1) is 11.7. The smallest absolute Gasteiger partial charge is 0.516 e. The molecule has 1 aliphatic rings. The van der Waals surface area contributed by atoms with Gasteiger partial charge in [0, 0.05) is 0 Å². The maximum absolute atomic E-state index is 5.44. The number of benzene rings is 1. The Morgan fingerprint density at radius 2 is 2.00 bits per heavy atom. The summed E-state index contributed by atoms with van der Waals surface area (Å²) < 4.78 is 10.8. The SMILES string of the molecule is C[Si](C)(C)c1[c-]ccc2c1OCO2.[Li+].